The van der Waals surface area contributed by atoms with Crippen molar-refractivity contribution in [3.8, 4) is 0 Å². The number of hydrogen-bond donors (Lipinski definition) is 1. The number of rotatable bonds is 4. The predicted molar refractivity (Wildman–Crippen MR) is 119 cm³/mol. The van der Waals surface area contributed by atoms with E-state index in [2.05, 4.69) is 5.32 Å². The molecule has 1 N–H and O–H groups in total. The molecule has 0 radical (unpaired) electrons. The molecule has 3 aromatic carbocycles. The van der Waals surface area contributed by atoms with Gasteiger partial charge in [0, 0.05) is 16.9 Å². The molecule has 0 spiro atoms. The second-order valence-electron chi connectivity index (χ2n) is 7.25. The van der Waals surface area contributed by atoms with Gasteiger partial charge in [0.25, 0.3) is 5.91 Å². The fourth-order valence-electron chi connectivity index (χ4n) is 3.53. The van der Waals surface area contributed by atoms with Crippen LogP contribution >= 0.6 is 11.8 Å². The first kappa shape index (κ1) is 20.2. The minimum Gasteiger partial charge on any atom is -0.322 e. The van der Waals surface area contributed by atoms with Gasteiger partial charge in [-0.2, -0.15) is 0 Å². The smallest absolute Gasteiger partial charge is 0.255 e. The van der Waals surface area contributed by atoms with Crippen LogP contribution in [0.4, 0.5) is 15.8 Å². The summed E-state index contributed by atoms with van der Waals surface area (Å²) in [7, 11) is 0. The Balaban J connectivity index is 1.60. The van der Waals surface area contributed by atoms with E-state index in [1.807, 2.05) is 44.2 Å². The van der Waals surface area contributed by atoms with Crippen molar-refractivity contribution in [2.45, 2.75) is 19.2 Å². The molecule has 0 bridgehead atoms. The lowest BCUT2D eigenvalue weighted by atomic mass is 10.1. The van der Waals surface area contributed by atoms with Crippen molar-refractivity contribution in [2.24, 2.45) is 0 Å². The SMILES string of the molecule is Cc1ccccc1NC(=O)c1ccc(N2C(=O)CSC2c2ccc(F)cc2)c(C)c1. The molecule has 0 saturated carbocycles. The molecular weight excluding hydrogens is 399 g/mol. The number of halogens is 1. The largest absolute Gasteiger partial charge is 0.322 e. The molecule has 2 amide bonds. The number of aryl methyl sites for hydroxylation is 2. The maximum absolute atomic E-state index is 13.3. The number of carbonyl (C=O) groups is 2. The summed E-state index contributed by atoms with van der Waals surface area (Å²) in [5, 5.41) is 2.71. The summed E-state index contributed by atoms with van der Waals surface area (Å²) in [5.74, 6) is -0.151. The van der Waals surface area contributed by atoms with Crippen LogP contribution in [0.15, 0.2) is 66.7 Å². The lowest BCUT2D eigenvalue weighted by molar-refractivity contribution is -0.115. The molecule has 1 unspecified atom stereocenters. The molecular formula is C24H21FN2O2S. The van der Waals surface area contributed by atoms with E-state index in [1.165, 1.54) is 23.9 Å². The first-order chi connectivity index (χ1) is 14.4. The highest BCUT2D eigenvalue weighted by molar-refractivity contribution is 8.00. The second-order valence-corrected chi connectivity index (χ2v) is 8.32. The summed E-state index contributed by atoms with van der Waals surface area (Å²) in [5.41, 5.74) is 4.74. The van der Waals surface area contributed by atoms with Crippen molar-refractivity contribution in [2.75, 3.05) is 16.0 Å². The molecule has 3 aromatic rings. The zero-order valence-electron chi connectivity index (χ0n) is 16.7. The minimum absolute atomic E-state index is 0.00506. The van der Waals surface area contributed by atoms with E-state index in [0.717, 1.165) is 28.1 Å². The number of hydrogen-bond acceptors (Lipinski definition) is 3. The van der Waals surface area contributed by atoms with Gasteiger partial charge in [0.1, 0.15) is 11.2 Å². The van der Waals surface area contributed by atoms with Gasteiger partial charge in [-0.15, -0.1) is 11.8 Å². The Morgan fingerprint density at radius 1 is 1.03 bits per heavy atom. The molecule has 30 heavy (non-hydrogen) atoms. The molecule has 4 nitrogen and oxygen atoms in total. The summed E-state index contributed by atoms with van der Waals surface area (Å²) < 4.78 is 13.3. The Hall–Kier alpha value is -3.12. The molecule has 152 valence electrons. The van der Waals surface area contributed by atoms with E-state index in [0.29, 0.717) is 11.3 Å². The molecule has 1 atom stereocenters. The Bertz CT molecular complexity index is 1110. The van der Waals surface area contributed by atoms with E-state index in [-0.39, 0.29) is 23.0 Å². The number of benzene rings is 3. The maximum atomic E-state index is 13.3. The first-order valence-electron chi connectivity index (χ1n) is 9.61. The third-order valence-electron chi connectivity index (χ3n) is 5.13. The van der Waals surface area contributed by atoms with Gasteiger partial charge >= 0.3 is 0 Å². The third-order valence-corrected chi connectivity index (χ3v) is 6.35. The normalized spacial score (nSPS) is 16.0. The van der Waals surface area contributed by atoms with Crippen molar-refractivity contribution >= 4 is 35.0 Å². The minimum atomic E-state index is -0.306. The van der Waals surface area contributed by atoms with Gasteiger partial charge in [0.2, 0.25) is 5.91 Å². The zero-order chi connectivity index (χ0) is 21.3. The van der Waals surface area contributed by atoms with Gasteiger partial charge in [-0.25, -0.2) is 4.39 Å². The molecule has 0 aromatic heterocycles. The topological polar surface area (TPSA) is 49.4 Å². The number of carbonyl (C=O) groups excluding carboxylic acids is 2. The maximum Gasteiger partial charge on any atom is 0.255 e. The standard InChI is InChI=1S/C24H21FN2O2S/c1-15-5-3-4-6-20(15)26-23(29)18-9-12-21(16(2)13-18)27-22(28)14-30-24(27)17-7-10-19(25)11-8-17/h3-13,24H,14H2,1-2H3,(H,26,29). The van der Waals surface area contributed by atoms with E-state index in [4.69, 9.17) is 0 Å². The van der Waals surface area contributed by atoms with Crippen LogP contribution in [0.3, 0.4) is 0 Å². The number of nitrogens with one attached hydrogen (secondary N) is 1. The van der Waals surface area contributed by atoms with E-state index in [1.54, 1.807) is 29.2 Å². The molecule has 0 aliphatic carbocycles. The molecule has 1 heterocycles. The molecule has 1 fully saturated rings. The number of thioether (sulfide) groups is 1. The summed E-state index contributed by atoms with van der Waals surface area (Å²) >= 11 is 1.51. The highest BCUT2D eigenvalue weighted by atomic mass is 32.2. The van der Waals surface area contributed by atoms with Gasteiger partial charge in [0.05, 0.1) is 5.75 Å². The van der Waals surface area contributed by atoms with Crippen molar-refractivity contribution in [1.29, 1.82) is 0 Å². The second kappa shape index (κ2) is 8.32. The number of amides is 2. The number of nitrogens with zero attached hydrogens (tertiary/aromatic N) is 1. The van der Waals surface area contributed by atoms with Gasteiger partial charge < -0.3 is 5.32 Å². The Labute approximate surface area is 179 Å². The number of para-hydroxylation sites is 1. The van der Waals surface area contributed by atoms with Crippen molar-refractivity contribution in [3.05, 3.63) is 94.8 Å². The predicted octanol–water partition coefficient (Wildman–Crippen LogP) is 5.47. The highest BCUT2D eigenvalue weighted by Gasteiger charge is 2.34. The van der Waals surface area contributed by atoms with Crippen molar-refractivity contribution in [3.63, 3.8) is 0 Å². The summed E-state index contributed by atoms with van der Waals surface area (Å²) in [4.78, 5) is 27.1. The third kappa shape index (κ3) is 3.96. The van der Waals surface area contributed by atoms with Crippen molar-refractivity contribution in [1.82, 2.24) is 0 Å². The molecule has 4 rings (SSSR count). The Kier molecular flexibility index (Phi) is 5.59. The highest BCUT2D eigenvalue weighted by Crippen LogP contribution is 2.42. The van der Waals surface area contributed by atoms with Crippen LogP contribution in [0.1, 0.15) is 32.4 Å². The van der Waals surface area contributed by atoms with Crippen LogP contribution in [-0.4, -0.2) is 17.6 Å². The fourth-order valence-corrected chi connectivity index (χ4v) is 4.70. The van der Waals surface area contributed by atoms with Crippen LogP contribution in [0.2, 0.25) is 0 Å². The van der Waals surface area contributed by atoms with E-state index < -0.39 is 0 Å². The Morgan fingerprint density at radius 3 is 2.47 bits per heavy atom. The van der Waals surface area contributed by atoms with Gasteiger partial charge in [-0.05, 0) is 66.9 Å². The number of anilines is 2. The van der Waals surface area contributed by atoms with Crippen molar-refractivity contribution < 1.29 is 14.0 Å². The van der Waals surface area contributed by atoms with Crippen LogP contribution in [0.25, 0.3) is 0 Å². The molecule has 1 aliphatic rings. The zero-order valence-corrected chi connectivity index (χ0v) is 17.5. The van der Waals surface area contributed by atoms with Crippen LogP contribution in [-0.2, 0) is 4.79 Å². The quantitative estimate of drug-likeness (QED) is 0.609. The molecule has 1 saturated heterocycles. The fraction of sp³-hybridized carbons (Fsp3) is 0.167. The Morgan fingerprint density at radius 2 is 1.77 bits per heavy atom. The lowest BCUT2D eigenvalue weighted by Gasteiger charge is -2.26. The van der Waals surface area contributed by atoms with Crippen LogP contribution in [0, 0.1) is 19.7 Å². The summed E-state index contributed by atoms with van der Waals surface area (Å²) in [6, 6.07) is 19.2. The van der Waals surface area contributed by atoms with Gasteiger partial charge in [-0.3, -0.25) is 14.5 Å². The van der Waals surface area contributed by atoms with E-state index in [9.17, 15) is 14.0 Å². The van der Waals surface area contributed by atoms with Crippen LogP contribution < -0.4 is 10.2 Å². The van der Waals surface area contributed by atoms with Gasteiger partial charge in [-0.1, -0.05) is 30.3 Å². The summed E-state index contributed by atoms with van der Waals surface area (Å²) in [6.07, 6.45) is 0. The lowest BCUT2D eigenvalue weighted by Crippen LogP contribution is -2.28. The van der Waals surface area contributed by atoms with Crippen LogP contribution in [0.5, 0.6) is 0 Å². The average molecular weight is 421 g/mol. The molecule has 1 aliphatic heterocycles. The van der Waals surface area contributed by atoms with E-state index >= 15 is 0 Å². The summed E-state index contributed by atoms with van der Waals surface area (Å²) in [6.45, 7) is 3.83. The first-order valence-corrected chi connectivity index (χ1v) is 10.7. The average Bonchev–Trinajstić information content (AvgIpc) is 3.11. The monoisotopic (exact) mass is 420 g/mol. The van der Waals surface area contributed by atoms with Gasteiger partial charge in [0.15, 0.2) is 0 Å². The molecule has 6 heteroatoms.